The summed E-state index contributed by atoms with van der Waals surface area (Å²) in [6.07, 6.45) is 4.23. The maximum absolute atomic E-state index is 3.70. The van der Waals surface area contributed by atoms with Gasteiger partial charge in [0, 0.05) is 12.6 Å². The average molecular weight is 203 g/mol. The van der Waals surface area contributed by atoms with Crippen LogP contribution in [0.1, 0.15) is 24.5 Å². The summed E-state index contributed by atoms with van der Waals surface area (Å²) in [5.74, 6) is 0. The molecule has 1 nitrogen and oxygen atoms in total. The maximum Gasteiger partial charge on any atom is 0.0134 e. The molecule has 0 aliphatic carbocycles. The molecule has 1 aromatic rings. The second-order valence-corrected chi connectivity index (χ2v) is 4.13. The minimum absolute atomic E-state index is 0.559. The Bertz CT molecular complexity index is 304. The fourth-order valence-electron chi connectivity index (χ4n) is 1.64. The van der Waals surface area contributed by atoms with Crippen molar-refractivity contribution in [3.8, 4) is 0 Å². The van der Waals surface area contributed by atoms with Crippen molar-refractivity contribution in [2.75, 3.05) is 6.54 Å². The summed E-state index contributed by atoms with van der Waals surface area (Å²) in [5.41, 5.74) is 2.78. The highest BCUT2D eigenvalue weighted by molar-refractivity contribution is 5.22. The molecule has 1 unspecified atom stereocenters. The Morgan fingerprint density at radius 3 is 2.93 bits per heavy atom. The van der Waals surface area contributed by atoms with Gasteiger partial charge < -0.3 is 5.32 Å². The molecular weight excluding hydrogens is 182 g/mol. The van der Waals surface area contributed by atoms with E-state index in [1.54, 1.807) is 0 Å². The number of nitrogens with one attached hydrogen (secondary N) is 1. The molecule has 1 heteroatoms. The molecule has 0 aliphatic heterocycles. The van der Waals surface area contributed by atoms with Gasteiger partial charge in [0.25, 0.3) is 0 Å². The Morgan fingerprint density at radius 1 is 1.47 bits per heavy atom. The lowest BCUT2D eigenvalue weighted by Crippen LogP contribution is -2.26. The van der Waals surface area contributed by atoms with Crippen molar-refractivity contribution in [2.24, 2.45) is 0 Å². The van der Waals surface area contributed by atoms with Crippen LogP contribution in [0.25, 0.3) is 0 Å². The molecule has 0 aliphatic rings. The first kappa shape index (κ1) is 12.0. The molecule has 1 rings (SSSR count). The summed E-state index contributed by atoms with van der Waals surface area (Å²) in [6.45, 7) is 8.96. The molecule has 1 aromatic carbocycles. The molecule has 0 bridgehead atoms. The predicted octanol–water partition coefficient (Wildman–Crippen LogP) is 3.09. The van der Waals surface area contributed by atoms with Gasteiger partial charge in [0.05, 0.1) is 0 Å². The van der Waals surface area contributed by atoms with Gasteiger partial charge in [0.2, 0.25) is 0 Å². The van der Waals surface area contributed by atoms with Gasteiger partial charge in [-0.15, -0.1) is 6.58 Å². The van der Waals surface area contributed by atoms with Crippen LogP contribution in [-0.2, 0) is 6.42 Å². The van der Waals surface area contributed by atoms with Crippen molar-refractivity contribution in [1.29, 1.82) is 0 Å². The van der Waals surface area contributed by atoms with Crippen molar-refractivity contribution in [3.05, 3.63) is 48.0 Å². The van der Waals surface area contributed by atoms with Gasteiger partial charge >= 0.3 is 0 Å². The molecule has 15 heavy (non-hydrogen) atoms. The van der Waals surface area contributed by atoms with Crippen molar-refractivity contribution in [3.63, 3.8) is 0 Å². The zero-order valence-electron chi connectivity index (χ0n) is 9.79. The van der Waals surface area contributed by atoms with Crippen LogP contribution in [0.5, 0.6) is 0 Å². The number of aryl methyl sites for hydroxylation is 2. The van der Waals surface area contributed by atoms with E-state index >= 15 is 0 Å². The minimum Gasteiger partial charge on any atom is -0.311 e. The van der Waals surface area contributed by atoms with Crippen LogP contribution < -0.4 is 5.32 Å². The molecule has 0 spiro atoms. The summed E-state index contributed by atoms with van der Waals surface area (Å²) in [4.78, 5) is 0. The van der Waals surface area contributed by atoms with E-state index in [0.717, 1.165) is 13.0 Å². The zero-order valence-corrected chi connectivity index (χ0v) is 9.79. The number of hydrogen-bond acceptors (Lipinski definition) is 1. The molecule has 0 amide bonds. The van der Waals surface area contributed by atoms with Gasteiger partial charge in [-0.25, -0.2) is 0 Å². The van der Waals surface area contributed by atoms with Crippen LogP contribution in [0.4, 0.5) is 0 Å². The van der Waals surface area contributed by atoms with Crippen LogP contribution in [-0.4, -0.2) is 12.6 Å². The summed E-state index contributed by atoms with van der Waals surface area (Å²) in [6, 6.07) is 9.30. The average Bonchev–Trinajstić information content (AvgIpc) is 2.23. The monoisotopic (exact) mass is 203 g/mol. The van der Waals surface area contributed by atoms with E-state index in [4.69, 9.17) is 0 Å². The SMILES string of the molecule is C=CCNC(C)CCc1cccc(C)c1. The Balaban J connectivity index is 2.33. The molecule has 0 fully saturated rings. The van der Waals surface area contributed by atoms with Crippen LogP contribution in [0.3, 0.4) is 0 Å². The first-order valence-corrected chi connectivity index (χ1v) is 5.62. The third-order valence-corrected chi connectivity index (χ3v) is 2.56. The molecule has 1 atom stereocenters. The quantitative estimate of drug-likeness (QED) is 0.701. The maximum atomic E-state index is 3.70. The van der Waals surface area contributed by atoms with Gasteiger partial charge in [-0.3, -0.25) is 0 Å². The molecule has 1 N–H and O–H groups in total. The highest BCUT2D eigenvalue weighted by Crippen LogP contribution is 2.07. The Labute approximate surface area is 93.2 Å². The molecule has 0 aromatic heterocycles. The number of benzene rings is 1. The van der Waals surface area contributed by atoms with Gasteiger partial charge in [-0.2, -0.15) is 0 Å². The van der Waals surface area contributed by atoms with Gasteiger partial charge in [0.15, 0.2) is 0 Å². The second-order valence-electron chi connectivity index (χ2n) is 4.13. The first-order chi connectivity index (χ1) is 7.22. The van der Waals surface area contributed by atoms with Crippen molar-refractivity contribution >= 4 is 0 Å². The predicted molar refractivity (Wildman–Crippen MR) is 67.2 cm³/mol. The van der Waals surface area contributed by atoms with E-state index in [1.165, 1.54) is 17.5 Å². The summed E-state index contributed by atoms with van der Waals surface area (Å²) < 4.78 is 0. The van der Waals surface area contributed by atoms with Crippen LogP contribution in [0.15, 0.2) is 36.9 Å². The van der Waals surface area contributed by atoms with Gasteiger partial charge in [-0.1, -0.05) is 35.9 Å². The summed E-state index contributed by atoms with van der Waals surface area (Å²) in [5, 5.41) is 3.40. The highest BCUT2D eigenvalue weighted by atomic mass is 14.9. The van der Waals surface area contributed by atoms with E-state index < -0.39 is 0 Å². The van der Waals surface area contributed by atoms with Crippen LogP contribution in [0.2, 0.25) is 0 Å². The lowest BCUT2D eigenvalue weighted by molar-refractivity contribution is 0.543. The van der Waals surface area contributed by atoms with E-state index in [1.807, 2.05) is 6.08 Å². The Hall–Kier alpha value is -1.08. The molecular formula is C14H21N. The van der Waals surface area contributed by atoms with Crippen molar-refractivity contribution in [1.82, 2.24) is 5.32 Å². The van der Waals surface area contributed by atoms with E-state index in [9.17, 15) is 0 Å². The summed E-state index contributed by atoms with van der Waals surface area (Å²) in [7, 11) is 0. The van der Waals surface area contributed by atoms with Crippen molar-refractivity contribution in [2.45, 2.75) is 32.7 Å². The third kappa shape index (κ3) is 4.80. The smallest absolute Gasteiger partial charge is 0.0134 e. The number of rotatable bonds is 6. The minimum atomic E-state index is 0.559. The largest absolute Gasteiger partial charge is 0.311 e. The zero-order chi connectivity index (χ0) is 11.1. The summed E-state index contributed by atoms with van der Waals surface area (Å²) >= 11 is 0. The fraction of sp³-hybridized carbons (Fsp3) is 0.429. The van der Waals surface area contributed by atoms with Crippen molar-refractivity contribution < 1.29 is 0 Å². The first-order valence-electron chi connectivity index (χ1n) is 5.62. The third-order valence-electron chi connectivity index (χ3n) is 2.56. The Kier molecular flexibility index (Phi) is 5.13. The molecule has 0 saturated heterocycles. The standard InChI is InChI=1S/C14H21N/c1-4-10-15-13(3)8-9-14-7-5-6-12(2)11-14/h4-7,11,13,15H,1,8-10H2,2-3H3. The fourth-order valence-corrected chi connectivity index (χ4v) is 1.64. The van der Waals surface area contributed by atoms with E-state index in [0.29, 0.717) is 6.04 Å². The highest BCUT2D eigenvalue weighted by Gasteiger charge is 2.00. The van der Waals surface area contributed by atoms with Crippen LogP contribution in [0, 0.1) is 6.92 Å². The van der Waals surface area contributed by atoms with Crippen LogP contribution >= 0.6 is 0 Å². The van der Waals surface area contributed by atoms with Gasteiger partial charge in [-0.05, 0) is 32.3 Å². The number of hydrogen-bond donors (Lipinski definition) is 1. The lowest BCUT2D eigenvalue weighted by Gasteiger charge is -2.12. The normalized spacial score (nSPS) is 12.4. The Morgan fingerprint density at radius 2 is 2.27 bits per heavy atom. The molecule has 82 valence electrons. The molecule has 0 saturated carbocycles. The van der Waals surface area contributed by atoms with E-state index in [-0.39, 0.29) is 0 Å². The van der Waals surface area contributed by atoms with Gasteiger partial charge in [0.1, 0.15) is 0 Å². The lowest BCUT2D eigenvalue weighted by atomic mass is 10.0. The molecule has 0 radical (unpaired) electrons. The topological polar surface area (TPSA) is 12.0 Å². The second kappa shape index (κ2) is 6.41. The van der Waals surface area contributed by atoms with E-state index in [2.05, 4.69) is 50.0 Å². The molecule has 0 heterocycles.